The summed E-state index contributed by atoms with van der Waals surface area (Å²) in [5.74, 6) is 0.591. The maximum absolute atomic E-state index is 12.5. The van der Waals surface area contributed by atoms with Crippen LogP contribution in [0.15, 0.2) is 27.8 Å². The molecule has 9 heteroatoms. The lowest BCUT2D eigenvalue weighted by Gasteiger charge is -2.31. The number of aromatic nitrogens is 3. The van der Waals surface area contributed by atoms with Crippen LogP contribution in [0.1, 0.15) is 41.2 Å². The smallest absolute Gasteiger partial charge is 0.280 e. The highest BCUT2D eigenvalue weighted by Gasteiger charge is 2.26. The first kappa shape index (κ1) is 17.2. The van der Waals surface area contributed by atoms with E-state index in [1.807, 2.05) is 0 Å². The summed E-state index contributed by atoms with van der Waals surface area (Å²) in [6.07, 6.45) is -0.159. The second-order valence-electron chi connectivity index (χ2n) is 6.16. The second-order valence-corrected chi connectivity index (χ2v) is 6.16. The van der Waals surface area contributed by atoms with Crippen LogP contribution in [-0.4, -0.2) is 38.6 Å². The molecule has 0 aliphatic carbocycles. The molecule has 0 N–H and O–H groups in total. The summed E-state index contributed by atoms with van der Waals surface area (Å²) in [6, 6.07) is 2.47. The quantitative estimate of drug-likeness (QED) is 0.841. The molecule has 2 aromatic heterocycles. The molecule has 1 aliphatic heterocycles. The first-order chi connectivity index (χ1) is 11.9. The van der Waals surface area contributed by atoms with Gasteiger partial charge >= 0.3 is 0 Å². The zero-order chi connectivity index (χ0) is 18.0. The molecule has 3 heterocycles. The summed E-state index contributed by atoms with van der Waals surface area (Å²) >= 11 is 0. The topological polar surface area (TPSA) is 81.2 Å². The van der Waals surface area contributed by atoms with Crippen LogP contribution < -0.4 is 5.56 Å². The Kier molecular flexibility index (Phi) is 4.91. The fraction of sp³-hybridized carbons (Fsp3) is 0.500. The van der Waals surface area contributed by atoms with Crippen molar-refractivity contribution in [1.82, 2.24) is 19.6 Å². The van der Waals surface area contributed by atoms with Gasteiger partial charge in [-0.2, -0.15) is 0 Å². The van der Waals surface area contributed by atoms with Gasteiger partial charge in [-0.25, -0.2) is 13.8 Å². The van der Waals surface area contributed by atoms with Crippen molar-refractivity contribution < 1.29 is 18.1 Å². The van der Waals surface area contributed by atoms with Crippen molar-refractivity contribution in [3.63, 3.8) is 0 Å². The van der Waals surface area contributed by atoms with Crippen LogP contribution in [0.25, 0.3) is 0 Å². The molecule has 1 saturated heterocycles. The zero-order valence-electron chi connectivity index (χ0n) is 13.7. The van der Waals surface area contributed by atoms with E-state index in [0.29, 0.717) is 43.9 Å². The predicted molar refractivity (Wildman–Crippen MR) is 83.3 cm³/mol. The van der Waals surface area contributed by atoms with Gasteiger partial charge in [-0.3, -0.25) is 14.2 Å². The Morgan fingerprint density at radius 2 is 2.08 bits per heavy atom. The van der Waals surface area contributed by atoms with Gasteiger partial charge in [-0.1, -0.05) is 5.16 Å². The zero-order valence-corrected chi connectivity index (χ0v) is 13.7. The largest absolute Gasteiger partial charge is 0.361 e. The van der Waals surface area contributed by atoms with Crippen LogP contribution in [-0.2, 0) is 6.54 Å². The molecule has 25 heavy (non-hydrogen) atoms. The van der Waals surface area contributed by atoms with Crippen LogP contribution in [0.5, 0.6) is 0 Å². The van der Waals surface area contributed by atoms with E-state index < -0.39 is 17.7 Å². The van der Waals surface area contributed by atoms with E-state index >= 15 is 0 Å². The number of halogens is 2. The number of carbonyl (C=O) groups is 1. The lowest BCUT2D eigenvalue weighted by Crippen LogP contribution is -2.40. The van der Waals surface area contributed by atoms with Gasteiger partial charge in [0.15, 0.2) is 5.69 Å². The average molecular weight is 352 g/mol. The number of alkyl halides is 2. The molecule has 7 nitrogen and oxygen atoms in total. The highest BCUT2D eigenvalue weighted by atomic mass is 19.3. The van der Waals surface area contributed by atoms with E-state index in [4.69, 9.17) is 4.52 Å². The summed E-state index contributed by atoms with van der Waals surface area (Å²) in [5.41, 5.74) is -0.703. The minimum atomic E-state index is -2.75. The molecule has 134 valence electrons. The van der Waals surface area contributed by atoms with Crippen molar-refractivity contribution in [1.29, 1.82) is 0 Å². The van der Waals surface area contributed by atoms with E-state index in [0.717, 1.165) is 6.07 Å². The van der Waals surface area contributed by atoms with Crippen LogP contribution in [0.2, 0.25) is 0 Å². The van der Waals surface area contributed by atoms with Crippen molar-refractivity contribution in [2.75, 3.05) is 13.1 Å². The van der Waals surface area contributed by atoms with Gasteiger partial charge in [0.2, 0.25) is 0 Å². The Labute approximate surface area is 142 Å². The van der Waals surface area contributed by atoms with E-state index in [-0.39, 0.29) is 11.8 Å². The molecule has 0 unspecified atom stereocenters. The molecule has 0 atom stereocenters. The molecule has 1 aliphatic rings. The van der Waals surface area contributed by atoms with E-state index in [1.54, 1.807) is 17.9 Å². The molecule has 2 aromatic rings. The number of likely N-dealkylation sites (tertiary alicyclic amines) is 1. The Bertz CT molecular complexity index is 810. The van der Waals surface area contributed by atoms with E-state index in [2.05, 4.69) is 10.1 Å². The van der Waals surface area contributed by atoms with Gasteiger partial charge in [-0.05, 0) is 25.7 Å². The van der Waals surface area contributed by atoms with Crippen LogP contribution in [0, 0.1) is 12.8 Å². The minimum absolute atomic E-state index is 0.171. The Balaban J connectivity index is 1.58. The lowest BCUT2D eigenvalue weighted by molar-refractivity contribution is 0.0671. The average Bonchev–Trinajstić information content (AvgIpc) is 3.03. The predicted octanol–water partition coefficient (Wildman–Crippen LogP) is 2.03. The third kappa shape index (κ3) is 3.92. The van der Waals surface area contributed by atoms with E-state index in [1.165, 1.54) is 10.9 Å². The first-order valence-electron chi connectivity index (χ1n) is 8.01. The standard InChI is InChI=1S/C16H18F2N4O3/c1-10-6-13(20-25-10)16(24)21-4-2-11(3-5-21)8-22-9-19-12(15(17)18)7-14(22)23/h6-7,9,11,15H,2-5,8H2,1H3. The number of hydrogen-bond acceptors (Lipinski definition) is 5. The van der Waals surface area contributed by atoms with Crippen LogP contribution in [0.4, 0.5) is 8.78 Å². The molecule has 0 aromatic carbocycles. The number of rotatable bonds is 4. The van der Waals surface area contributed by atoms with Gasteiger partial charge in [0.05, 0.1) is 6.33 Å². The number of amides is 1. The maximum atomic E-state index is 12.5. The number of carbonyl (C=O) groups excluding carboxylic acids is 1. The van der Waals surface area contributed by atoms with E-state index in [9.17, 15) is 18.4 Å². The van der Waals surface area contributed by atoms with Gasteiger partial charge in [0, 0.05) is 31.8 Å². The molecule has 1 fully saturated rings. The fourth-order valence-electron chi connectivity index (χ4n) is 2.92. The van der Waals surface area contributed by atoms with Gasteiger partial charge < -0.3 is 9.42 Å². The molecule has 3 rings (SSSR count). The maximum Gasteiger partial charge on any atom is 0.280 e. The first-order valence-corrected chi connectivity index (χ1v) is 8.01. The molecule has 0 saturated carbocycles. The highest BCUT2D eigenvalue weighted by molar-refractivity contribution is 5.92. The van der Waals surface area contributed by atoms with Gasteiger partial charge in [-0.15, -0.1) is 0 Å². The van der Waals surface area contributed by atoms with Crippen molar-refractivity contribution >= 4 is 5.91 Å². The monoisotopic (exact) mass is 352 g/mol. The molecule has 0 spiro atoms. The van der Waals surface area contributed by atoms with Crippen molar-refractivity contribution in [2.24, 2.45) is 5.92 Å². The summed E-state index contributed by atoms with van der Waals surface area (Å²) in [4.78, 5) is 29.5. The van der Waals surface area contributed by atoms with Crippen molar-refractivity contribution in [3.05, 3.63) is 46.0 Å². The number of aryl methyl sites for hydroxylation is 1. The summed E-state index contributed by atoms with van der Waals surface area (Å²) in [6.45, 7) is 3.22. The summed E-state index contributed by atoms with van der Waals surface area (Å²) in [5, 5.41) is 3.73. The van der Waals surface area contributed by atoms with Gasteiger partial charge in [0.1, 0.15) is 11.5 Å². The number of nitrogens with zero attached hydrogens (tertiary/aromatic N) is 4. The highest BCUT2D eigenvalue weighted by Crippen LogP contribution is 2.20. The summed E-state index contributed by atoms with van der Waals surface area (Å²) in [7, 11) is 0. The third-order valence-corrected chi connectivity index (χ3v) is 4.33. The molecular weight excluding hydrogens is 334 g/mol. The molecular formula is C16H18F2N4O3. The van der Waals surface area contributed by atoms with Crippen LogP contribution in [0.3, 0.4) is 0 Å². The summed E-state index contributed by atoms with van der Waals surface area (Å²) < 4.78 is 31.3. The Hall–Kier alpha value is -2.58. The molecule has 1 amide bonds. The van der Waals surface area contributed by atoms with Gasteiger partial charge in [0.25, 0.3) is 17.9 Å². The second kappa shape index (κ2) is 7.12. The SMILES string of the molecule is Cc1cc(C(=O)N2CCC(Cn3cnc(C(F)F)cc3=O)CC2)no1. The number of piperidine rings is 1. The number of hydrogen-bond donors (Lipinski definition) is 0. The van der Waals surface area contributed by atoms with Crippen molar-refractivity contribution in [2.45, 2.75) is 32.7 Å². The minimum Gasteiger partial charge on any atom is -0.361 e. The Morgan fingerprint density at radius 3 is 2.64 bits per heavy atom. The molecule has 0 bridgehead atoms. The Morgan fingerprint density at radius 1 is 1.36 bits per heavy atom. The lowest BCUT2D eigenvalue weighted by atomic mass is 9.96. The fourth-order valence-corrected chi connectivity index (χ4v) is 2.92. The van der Waals surface area contributed by atoms with Crippen molar-refractivity contribution in [3.8, 4) is 0 Å². The van der Waals surface area contributed by atoms with Crippen LogP contribution >= 0.6 is 0 Å². The third-order valence-electron chi connectivity index (χ3n) is 4.33. The molecule has 0 radical (unpaired) electrons. The normalized spacial score (nSPS) is 15.8.